The molecule has 0 aliphatic carbocycles. The summed E-state index contributed by atoms with van der Waals surface area (Å²) in [6.45, 7) is 2.23. The van der Waals surface area contributed by atoms with E-state index >= 15 is 0 Å². The van der Waals surface area contributed by atoms with Gasteiger partial charge in [0.25, 0.3) is 0 Å². The number of hydrogen-bond acceptors (Lipinski definition) is 0. The normalized spacial score (nSPS) is 12.8. The Morgan fingerprint density at radius 1 is 0.708 bits per heavy atom. The molecule has 3 aromatic rings. The predicted octanol–water partition coefficient (Wildman–Crippen LogP) is 6.75. The molecule has 1 unspecified atom stereocenters. The number of alkyl halides is 1. The first-order valence-corrected chi connectivity index (χ1v) is 8.99. The molecule has 0 saturated carbocycles. The Balaban J connectivity index is 2.20. The van der Waals surface area contributed by atoms with Gasteiger partial charge in [0.1, 0.15) is 4.87 Å². The molecule has 3 rings (SSSR count). The van der Waals surface area contributed by atoms with E-state index < -0.39 is 4.87 Å². The first-order chi connectivity index (χ1) is 11.8. The van der Waals surface area contributed by atoms with Crippen LogP contribution in [-0.2, 0) is 4.87 Å². The maximum absolute atomic E-state index is 7.47. The van der Waals surface area contributed by atoms with E-state index in [1.807, 2.05) is 12.1 Å². The number of hydrogen-bond donors (Lipinski definition) is 0. The monoisotopic (exact) mass is 334 g/mol. The second-order valence-corrected chi connectivity index (χ2v) is 6.79. The highest BCUT2D eigenvalue weighted by Gasteiger charge is 2.40. The van der Waals surface area contributed by atoms with Crippen LogP contribution in [0.15, 0.2) is 91.0 Å². The lowest BCUT2D eigenvalue weighted by Crippen LogP contribution is -2.29. The summed E-state index contributed by atoms with van der Waals surface area (Å²) >= 11 is 7.47. The largest absolute Gasteiger partial charge is 0.108 e. The Morgan fingerprint density at radius 2 is 1.12 bits per heavy atom. The molecule has 0 aliphatic rings. The Labute approximate surface area is 150 Å². The van der Waals surface area contributed by atoms with Gasteiger partial charge in [0, 0.05) is 5.92 Å². The van der Waals surface area contributed by atoms with E-state index in [1.165, 1.54) is 5.56 Å². The van der Waals surface area contributed by atoms with E-state index in [4.69, 9.17) is 11.6 Å². The number of benzene rings is 3. The molecular weight excluding hydrogens is 312 g/mol. The predicted molar refractivity (Wildman–Crippen MR) is 104 cm³/mol. The molecule has 0 bridgehead atoms. The molecule has 0 heterocycles. The van der Waals surface area contributed by atoms with Gasteiger partial charge in [0.15, 0.2) is 0 Å². The summed E-state index contributed by atoms with van der Waals surface area (Å²) in [5.41, 5.74) is 3.60. The first-order valence-electron chi connectivity index (χ1n) is 8.61. The molecule has 3 aromatic carbocycles. The Hall–Kier alpha value is -2.05. The van der Waals surface area contributed by atoms with Crippen molar-refractivity contribution < 1.29 is 0 Å². The second kappa shape index (κ2) is 7.68. The smallest absolute Gasteiger partial charge is 0.101 e. The lowest BCUT2D eigenvalue weighted by molar-refractivity contribution is 0.505. The van der Waals surface area contributed by atoms with Gasteiger partial charge in [-0.05, 0) is 23.1 Å². The van der Waals surface area contributed by atoms with Crippen molar-refractivity contribution in [2.45, 2.75) is 30.6 Å². The molecular formula is C23H23Cl. The van der Waals surface area contributed by atoms with Gasteiger partial charge in [0.05, 0.1) is 0 Å². The standard InChI is InChI=1S/C23H23Cl/c1-2-12-22(19-13-6-3-7-14-19)23(24,20-15-8-4-9-16-20)21-17-10-5-11-18-21/h3-11,13-18,22H,2,12H2,1H3. The van der Waals surface area contributed by atoms with Crippen LogP contribution in [0, 0.1) is 0 Å². The van der Waals surface area contributed by atoms with Gasteiger partial charge in [-0.2, -0.15) is 0 Å². The lowest BCUT2D eigenvalue weighted by atomic mass is 9.74. The van der Waals surface area contributed by atoms with Crippen molar-refractivity contribution in [3.63, 3.8) is 0 Å². The zero-order valence-corrected chi connectivity index (χ0v) is 14.8. The van der Waals surface area contributed by atoms with Crippen molar-refractivity contribution in [1.82, 2.24) is 0 Å². The summed E-state index contributed by atoms with van der Waals surface area (Å²) in [4.78, 5) is -0.570. The molecule has 0 aliphatic heterocycles. The molecule has 0 nitrogen and oxygen atoms in total. The second-order valence-electron chi connectivity index (χ2n) is 6.20. The van der Waals surface area contributed by atoms with Gasteiger partial charge in [-0.25, -0.2) is 0 Å². The van der Waals surface area contributed by atoms with Crippen molar-refractivity contribution in [2.24, 2.45) is 0 Å². The maximum atomic E-state index is 7.47. The molecule has 24 heavy (non-hydrogen) atoms. The summed E-state index contributed by atoms with van der Waals surface area (Å²) in [5, 5.41) is 0. The van der Waals surface area contributed by atoms with Gasteiger partial charge in [0.2, 0.25) is 0 Å². The van der Waals surface area contributed by atoms with Crippen molar-refractivity contribution in [3.8, 4) is 0 Å². The number of rotatable bonds is 6. The molecule has 0 saturated heterocycles. The third-order valence-corrected chi connectivity index (χ3v) is 5.35. The van der Waals surface area contributed by atoms with E-state index in [2.05, 4.69) is 85.8 Å². The van der Waals surface area contributed by atoms with Crippen molar-refractivity contribution >= 4 is 11.6 Å². The minimum Gasteiger partial charge on any atom is -0.108 e. The van der Waals surface area contributed by atoms with Gasteiger partial charge in [-0.1, -0.05) is 104 Å². The third-order valence-electron chi connectivity index (χ3n) is 4.65. The fraction of sp³-hybridized carbons (Fsp3) is 0.217. The van der Waals surface area contributed by atoms with Crippen molar-refractivity contribution in [1.29, 1.82) is 0 Å². The zero-order valence-electron chi connectivity index (χ0n) is 14.0. The topological polar surface area (TPSA) is 0 Å². The highest BCUT2D eigenvalue weighted by molar-refractivity contribution is 6.26. The quantitative estimate of drug-likeness (QED) is 0.437. The van der Waals surface area contributed by atoms with Crippen LogP contribution in [0.4, 0.5) is 0 Å². The molecule has 0 aromatic heterocycles. The average Bonchev–Trinajstić information content (AvgIpc) is 2.67. The molecule has 0 radical (unpaired) electrons. The Kier molecular flexibility index (Phi) is 5.37. The van der Waals surface area contributed by atoms with Crippen LogP contribution in [0.3, 0.4) is 0 Å². The van der Waals surface area contributed by atoms with E-state index in [1.54, 1.807) is 0 Å². The van der Waals surface area contributed by atoms with Crippen LogP contribution < -0.4 is 0 Å². The Bertz CT molecular complexity index is 695. The highest BCUT2D eigenvalue weighted by atomic mass is 35.5. The summed E-state index contributed by atoms with van der Waals surface area (Å²) in [5.74, 6) is 0.218. The molecule has 0 amide bonds. The SMILES string of the molecule is CCCC(c1ccccc1)C(Cl)(c1ccccc1)c1ccccc1. The fourth-order valence-corrected chi connectivity index (χ4v) is 3.99. The lowest BCUT2D eigenvalue weighted by Gasteiger charge is -2.37. The minimum atomic E-state index is -0.570. The van der Waals surface area contributed by atoms with Gasteiger partial charge < -0.3 is 0 Å². The van der Waals surface area contributed by atoms with Crippen molar-refractivity contribution in [3.05, 3.63) is 108 Å². The molecule has 1 atom stereocenters. The van der Waals surface area contributed by atoms with E-state index in [0.717, 1.165) is 24.0 Å². The molecule has 1 heteroatoms. The van der Waals surface area contributed by atoms with Crippen molar-refractivity contribution in [2.75, 3.05) is 0 Å². The number of halogens is 1. The fourth-order valence-electron chi connectivity index (χ4n) is 3.50. The van der Waals surface area contributed by atoms with Crippen LogP contribution in [0.25, 0.3) is 0 Å². The van der Waals surface area contributed by atoms with Gasteiger partial charge >= 0.3 is 0 Å². The summed E-state index contributed by atoms with van der Waals surface area (Å²) in [6, 6.07) is 31.6. The van der Waals surface area contributed by atoms with E-state index in [0.29, 0.717) is 0 Å². The molecule has 0 spiro atoms. The highest BCUT2D eigenvalue weighted by Crippen LogP contribution is 2.50. The maximum Gasteiger partial charge on any atom is 0.101 e. The first kappa shape index (κ1) is 16.8. The molecule has 122 valence electrons. The van der Waals surface area contributed by atoms with Gasteiger partial charge in [-0.15, -0.1) is 11.6 Å². The Morgan fingerprint density at radius 3 is 1.54 bits per heavy atom. The molecule has 0 fully saturated rings. The summed E-state index contributed by atoms with van der Waals surface area (Å²) in [7, 11) is 0. The summed E-state index contributed by atoms with van der Waals surface area (Å²) < 4.78 is 0. The zero-order chi connectivity index (χ0) is 16.8. The van der Waals surface area contributed by atoms with E-state index in [9.17, 15) is 0 Å². The van der Waals surface area contributed by atoms with Crippen LogP contribution in [0.1, 0.15) is 42.4 Å². The van der Waals surface area contributed by atoms with Crippen LogP contribution in [-0.4, -0.2) is 0 Å². The molecule has 0 N–H and O–H groups in total. The van der Waals surface area contributed by atoms with Gasteiger partial charge in [-0.3, -0.25) is 0 Å². The van der Waals surface area contributed by atoms with E-state index in [-0.39, 0.29) is 5.92 Å². The minimum absolute atomic E-state index is 0.218. The van der Waals surface area contributed by atoms with Crippen LogP contribution in [0.5, 0.6) is 0 Å². The van der Waals surface area contributed by atoms with Crippen LogP contribution >= 0.6 is 11.6 Å². The average molecular weight is 335 g/mol. The third kappa shape index (κ3) is 3.25. The van der Waals surface area contributed by atoms with Crippen LogP contribution in [0.2, 0.25) is 0 Å². The summed E-state index contributed by atoms with van der Waals surface area (Å²) in [6.07, 6.45) is 2.13.